The van der Waals surface area contributed by atoms with Gasteiger partial charge in [-0.3, -0.25) is 0 Å². The first kappa shape index (κ1) is 14.4. The molecule has 19 heavy (non-hydrogen) atoms. The maximum atomic E-state index is 13.3. The van der Waals surface area contributed by atoms with Crippen molar-refractivity contribution in [1.82, 2.24) is 0 Å². The van der Waals surface area contributed by atoms with E-state index in [2.05, 4.69) is 13.8 Å². The Morgan fingerprint density at radius 2 is 1.74 bits per heavy atom. The first-order valence-electron chi connectivity index (χ1n) is 7.10. The second-order valence-electron chi connectivity index (χ2n) is 6.12. The maximum absolute atomic E-state index is 13.3. The van der Waals surface area contributed by atoms with E-state index < -0.39 is 17.2 Å². The molecule has 1 N–H and O–H groups in total. The lowest BCUT2D eigenvalue weighted by molar-refractivity contribution is 0.0185. The van der Waals surface area contributed by atoms with Crippen molar-refractivity contribution < 1.29 is 13.9 Å². The third kappa shape index (κ3) is 3.33. The quantitative estimate of drug-likeness (QED) is 0.789. The Morgan fingerprint density at radius 1 is 1.11 bits per heavy atom. The Bertz CT molecular complexity index is 424. The summed E-state index contributed by atoms with van der Waals surface area (Å²) in [5.74, 6) is -0.0554. The average molecular weight is 268 g/mol. The van der Waals surface area contributed by atoms with Crippen molar-refractivity contribution in [3.63, 3.8) is 0 Å². The Labute approximate surface area is 113 Å². The molecule has 0 heterocycles. The number of halogens is 2. The molecule has 0 spiro atoms. The third-order valence-electron chi connectivity index (χ3n) is 4.44. The third-order valence-corrected chi connectivity index (χ3v) is 4.44. The highest BCUT2D eigenvalue weighted by Crippen LogP contribution is 2.40. The highest BCUT2D eigenvalue weighted by molar-refractivity contribution is 5.24. The van der Waals surface area contributed by atoms with Crippen LogP contribution in [0.4, 0.5) is 8.78 Å². The fraction of sp³-hybridized carbons (Fsp3) is 0.625. The van der Waals surface area contributed by atoms with E-state index in [1.807, 2.05) is 0 Å². The summed E-state index contributed by atoms with van der Waals surface area (Å²) >= 11 is 0. The molecule has 1 aliphatic rings. The molecule has 1 nitrogen and oxygen atoms in total. The van der Waals surface area contributed by atoms with Crippen LogP contribution in [0.3, 0.4) is 0 Å². The average Bonchev–Trinajstić information content (AvgIpc) is 2.51. The number of aliphatic hydroxyl groups is 1. The monoisotopic (exact) mass is 268 g/mol. The molecule has 1 saturated carbocycles. The summed E-state index contributed by atoms with van der Waals surface area (Å²) in [6.07, 6.45) is 4.05. The predicted molar refractivity (Wildman–Crippen MR) is 71.7 cm³/mol. The Morgan fingerprint density at radius 3 is 2.32 bits per heavy atom. The van der Waals surface area contributed by atoms with E-state index in [0.717, 1.165) is 25.3 Å². The van der Waals surface area contributed by atoms with Gasteiger partial charge in [0, 0.05) is 6.07 Å². The summed E-state index contributed by atoms with van der Waals surface area (Å²) in [7, 11) is 0. The van der Waals surface area contributed by atoms with Crippen LogP contribution in [0.1, 0.15) is 51.5 Å². The summed E-state index contributed by atoms with van der Waals surface area (Å²) in [4.78, 5) is 0. The van der Waals surface area contributed by atoms with Gasteiger partial charge in [0.05, 0.1) is 5.60 Å². The van der Waals surface area contributed by atoms with Crippen LogP contribution in [0.25, 0.3) is 0 Å². The van der Waals surface area contributed by atoms with Crippen LogP contribution in [0.5, 0.6) is 0 Å². The van der Waals surface area contributed by atoms with Crippen LogP contribution in [0.2, 0.25) is 0 Å². The van der Waals surface area contributed by atoms with Crippen LogP contribution in [-0.2, 0) is 5.60 Å². The largest absolute Gasteiger partial charge is 0.385 e. The Balaban J connectivity index is 2.22. The number of hydrogen-bond acceptors (Lipinski definition) is 1. The topological polar surface area (TPSA) is 20.2 Å². The minimum absolute atomic E-state index is 0.384. The zero-order chi connectivity index (χ0) is 14.0. The second kappa shape index (κ2) is 5.58. The van der Waals surface area contributed by atoms with Gasteiger partial charge in [0.1, 0.15) is 11.6 Å². The van der Waals surface area contributed by atoms with Crippen molar-refractivity contribution >= 4 is 0 Å². The molecule has 0 aliphatic heterocycles. The molecule has 0 amide bonds. The molecule has 0 bridgehead atoms. The molecular formula is C16H22F2O. The van der Waals surface area contributed by atoms with Crippen molar-refractivity contribution in [3.8, 4) is 0 Å². The van der Waals surface area contributed by atoms with Gasteiger partial charge in [0.15, 0.2) is 0 Å². The van der Waals surface area contributed by atoms with Gasteiger partial charge < -0.3 is 5.11 Å². The van der Waals surface area contributed by atoms with Crippen LogP contribution in [0, 0.1) is 23.5 Å². The molecule has 2 atom stereocenters. The number of benzene rings is 1. The molecule has 0 saturated heterocycles. The fourth-order valence-electron chi connectivity index (χ4n) is 3.13. The number of hydrogen-bond donors (Lipinski definition) is 1. The Hall–Kier alpha value is -0.960. The van der Waals surface area contributed by atoms with Gasteiger partial charge in [0.2, 0.25) is 0 Å². The summed E-state index contributed by atoms with van der Waals surface area (Å²) in [5.41, 5.74) is -0.693. The van der Waals surface area contributed by atoms with Crippen LogP contribution < -0.4 is 0 Å². The molecule has 3 heteroatoms. The molecule has 106 valence electrons. The van der Waals surface area contributed by atoms with E-state index in [0.29, 0.717) is 30.2 Å². The summed E-state index contributed by atoms with van der Waals surface area (Å²) in [6, 6.07) is 3.37. The van der Waals surface area contributed by atoms with Crippen LogP contribution >= 0.6 is 0 Å². The molecule has 1 aromatic carbocycles. The van der Waals surface area contributed by atoms with E-state index in [1.165, 1.54) is 12.1 Å². The first-order valence-corrected chi connectivity index (χ1v) is 7.10. The van der Waals surface area contributed by atoms with Crippen molar-refractivity contribution in [2.75, 3.05) is 0 Å². The zero-order valence-corrected chi connectivity index (χ0v) is 11.6. The molecule has 0 radical (unpaired) electrons. The van der Waals surface area contributed by atoms with Crippen molar-refractivity contribution in [2.45, 2.75) is 51.6 Å². The van der Waals surface area contributed by atoms with Crippen molar-refractivity contribution in [3.05, 3.63) is 35.4 Å². The highest BCUT2D eigenvalue weighted by Gasteiger charge is 2.33. The second-order valence-corrected chi connectivity index (χ2v) is 6.12. The fourth-order valence-corrected chi connectivity index (χ4v) is 3.13. The number of rotatable bonds is 2. The normalized spacial score (nSPS) is 28.4. The lowest BCUT2D eigenvalue weighted by atomic mass is 9.84. The van der Waals surface area contributed by atoms with E-state index in [1.54, 1.807) is 0 Å². The van der Waals surface area contributed by atoms with E-state index in [-0.39, 0.29) is 0 Å². The van der Waals surface area contributed by atoms with Gasteiger partial charge in [-0.1, -0.05) is 20.3 Å². The summed E-state index contributed by atoms with van der Waals surface area (Å²) < 4.78 is 26.6. The first-order chi connectivity index (χ1) is 8.90. The van der Waals surface area contributed by atoms with E-state index in [9.17, 15) is 13.9 Å². The molecule has 0 aromatic heterocycles. The predicted octanol–water partition coefficient (Wildman–Crippen LogP) is 4.39. The van der Waals surface area contributed by atoms with Crippen molar-refractivity contribution in [1.29, 1.82) is 0 Å². The molecule has 1 fully saturated rings. The van der Waals surface area contributed by atoms with Gasteiger partial charge in [-0.05, 0) is 55.2 Å². The smallest absolute Gasteiger partial charge is 0.126 e. The van der Waals surface area contributed by atoms with Gasteiger partial charge in [-0.2, -0.15) is 0 Å². The van der Waals surface area contributed by atoms with Crippen LogP contribution in [0.15, 0.2) is 18.2 Å². The lowest BCUT2D eigenvalue weighted by Crippen LogP contribution is -2.25. The summed E-state index contributed by atoms with van der Waals surface area (Å²) in [6.45, 7) is 4.38. The molecular weight excluding hydrogens is 246 g/mol. The molecule has 2 rings (SSSR count). The van der Waals surface area contributed by atoms with Gasteiger partial charge in [-0.25, -0.2) is 8.78 Å². The molecule has 1 aromatic rings. The maximum Gasteiger partial charge on any atom is 0.126 e. The van der Waals surface area contributed by atoms with Gasteiger partial charge >= 0.3 is 0 Å². The zero-order valence-electron chi connectivity index (χ0n) is 11.6. The SMILES string of the molecule is CC(C)C1CCCC(O)(c2cc(F)cc(F)c2)CC1. The highest BCUT2D eigenvalue weighted by atomic mass is 19.1. The lowest BCUT2D eigenvalue weighted by Gasteiger charge is -2.27. The van der Waals surface area contributed by atoms with Gasteiger partial charge in [-0.15, -0.1) is 0 Å². The molecule has 2 unspecified atom stereocenters. The minimum Gasteiger partial charge on any atom is -0.385 e. The van der Waals surface area contributed by atoms with Crippen LogP contribution in [-0.4, -0.2) is 5.11 Å². The minimum atomic E-state index is -1.08. The summed E-state index contributed by atoms with van der Waals surface area (Å²) in [5, 5.41) is 10.7. The van der Waals surface area contributed by atoms with E-state index in [4.69, 9.17) is 0 Å². The standard InChI is InChI=1S/C16H22F2O/c1-11(2)12-4-3-6-16(19,7-5-12)13-8-14(17)10-15(18)9-13/h8-12,19H,3-7H2,1-2H3. The van der Waals surface area contributed by atoms with E-state index >= 15 is 0 Å². The molecule has 1 aliphatic carbocycles. The Kier molecular flexibility index (Phi) is 4.24. The van der Waals surface area contributed by atoms with Gasteiger partial charge in [0.25, 0.3) is 0 Å². The van der Waals surface area contributed by atoms with Crippen molar-refractivity contribution in [2.24, 2.45) is 11.8 Å².